The van der Waals surface area contributed by atoms with Crippen molar-refractivity contribution in [1.29, 1.82) is 5.26 Å². The lowest BCUT2D eigenvalue weighted by molar-refractivity contribution is -0.384. The summed E-state index contributed by atoms with van der Waals surface area (Å²) < 4.78 is 1.62. The van der Waals surface area contributed by atoms with E-state index in [1.54, 1.807) is 22.9 Å². The lowest BCUT2D eigenvalue weighted by Crippen LogP contribution is -1.99. The molecule has 3 aromatic rings. The van der Waals surface area contributed by atoms with Crippen LogP contribution in [0.5, 0.6) is 0 Å². The highest BCUT2D eigenvalue weighted by atomic mass is 32.1. The van der Waals surface area contributed by atoms with E-state index in [-0.39, 0.29) is 5.69 Å². The first-order chi connectivity index (χ1) is 10.2. The van der Waals surface area contributed by atoms with Crippen LogP contribution in [0.25, 0.3) is 16.3 Å². The molecule has 0 fully saturated rings. The number of benzene rings is 1. The molecule has 0 atom stereocenters. The molecule has 0 radical (unpaired) electrons. The molecule has 2 aromatic heterocycles. The van der Waals surface area contributed by atoms with Crippen LogP contribution in [0, 0.1) is 21.4 Å². The van der Waals surface area contributed by atoms with Gasteiger partial charge in [-0.2, -0.15) is 10.4 Å². The number of nitrogens with zero attached hydrogens (tertiary/aromatic N) is 4. The highest BCUT2D eigenvalue weighted by Gasteiger charge is 2.13. The molecule has 6 nitrogen and oxygen atoms in total. The Bertz CT molecular complexity index is 829. The van der Waals surface area contributed by atoms with Crippen LogP contribution in [0.1, 0.15) is 5.69 Å². The van der Waals surface area contributed by atoms with Gasteiger partial charge in [-0.3, -0.25) is 10.1 Å². The van der Waals surface area contributed by atoms with Crippen LogP contribution < -0.4 is 0 Å². The Morgan fingerprint density at radius 1 is 1.29 bits per heavy atom. The van der Waals surface area contributed by atoms with Gasteiger partial charge in [-0.05, 0) is 23.6 Å². The van der Waals surface area contributed by atoms with Crippen molar-refractivity contribution in [2.24, 2.45) is 0 Å². The minimum absolute atomic E-state index is 0.0177. The standard InChI is InChI=1S/C14H8N4O2S/c15-9-10-8-13(14-2-1-7-21-14)17(16-10)11-3-5-12(6-4-11)18(19)20/h1-8H. The Morgan fingerprint density at radius 3 is 2.62 bits per heavy atom. The number of nitro groups is 1. The predicted octanol–water partition coefficient (Wildman–Crippen LogP) is 3.38. The van der Waals surface area contributed by atoms with Crippen molar-refractivity contribution in [3.63, 3.8) is 0 Å². The van der Waals surface area contributed by atoms with E-state index in [9.17, 15) is 10.1 Å². The second kappa shape index (κ2) is 5.19. The zero-order valence-electron chi connectivity index (χ0n) is 10.6. The van der Waals surface area contributed by atoms with Gasteiger partial charge in [0, 0.05) is 18.2 Å². The molecular weight excluding hydrogens is 288 g/mol. The Balaban J connectivity index is 2.11. The second-order valence-electron chi connectivity index (χ2n) is 4.19. The maximum absolute atomic E-state index is 10.7. The van der Waals surface area contributed by atoms with Crippen molar-refractivity contribution in [2.45, 2.75) is 0 Å². The van der Waals surface area contributed by atoms with Gasteiger partial charge in [0.1, 0.15) is 6.07 Å². The fraction of sp³-hybridized carbons (Fsp3) is 0. The van der Waals surface area contributed by atoms with Gasteiger partial charge in [-0.15, -0.1) is 11.3 Å². The monoisotopic (exact) mass is 296 g/mol. The van der Waals surface area contributed by atoms with Gasteiger partial charge < -0.3 is 0 Å². The van der Waals surface area contributed by atoms with Gasteiger partial charge >= 0.3 is 0 Å². The van der Waals surface area contributed by atoms with Crippen LogP contribution >= 0.6 is 11.3 Å². The van der Waals surface area contributed by atoms with Crippen LogP contribution in [0.2, 0.25) is 0 Å². The largest absolute Gasteiger partial charge is 0.269 e. The SMILES string of the molecule is N#Cc1cc(-c2cccs2)n(-c2ccc([N+](=O)[O-])cc2)n1. The number of hydrogen-bond donors (Lipinski definition) is 0. The highest BCUT2D eigenvalue weighted by Crippen LogP contribution is 2.28. The van der Waals surface area contributed by atoms with Crippen molar-refractivity contribution < 1.29 is 4.92 Å². The maximum Gasteiger partial charge on any atom is 0.269 e. The third-order valence-corrected chi connectivity index (χ3v) is 3.80. The highest BCUT2D eigenvalue weighted by molar-refractivity contribution is 7.13. The smallest absolute Gasteiger partial charge is 0.258 e. The van der Waals surface area contributed by atoms with Gasteiger partial charge in [-0.1, -0.05) is 6.07 Å². The third kappa shape index (κ3) is 2.40. The number of nitriles is 1. The van der Waals surface area contributed by atoms with Crippen LogP contribution in [0.15, 0.2) is 47.8 Å². The number of rotatable bonds is 3. The average molecular weight is 296 g/mol. The molecule has 0 amide bonds. The molecule has 0 aliphatic carbocycles. The first kappa shape index (κ1) is 13.0. The van der Waals surface area contributed by atoms with Gasteiger partial charge in [0.05, 0.1) is 21.2 Å². The van der Waals surface area contributed by atoms with E-state index in [1.165, 1.54) is 23.5 Å². The topological polar surface area (TPSA) is 84.8 Å². The van der Waals surface area contributed by atoms with Gasteiger partial charge in [0.25, 0.3) is 5.69 Å². The zero-order chi connectivity index (χ0) is 14.8. The molecule has 102 valence electrons. The first-order valence-corrected chi connectivity index (χ1v) is 6.86. The van der Waals surface area contributed by atoms with Crippen LogP contribution in [-0.4, -0.2) is 14.7 Å². The molecule has 0 unspecified atom stereocenters. The van der Waals surface area contributed by atoms with E-state index in [1.807, 2.05) is 23.6 Å². The number of non-ortho nitro benzene ring substituents is 1. The molecule has 1 aromatic carbocycles. The molecule has 2 heterocycles. The van der Waals surface area contributed by atoms with Crippen molar-refractivity contribution in [3.05, 3.63) is 63.7 Å². The molecule has 0 aliphatic rings. The Kier molecular flexibility index (Phi) is 3.22. The molecule has 3 rings (SSSR count). The number of hydrogen-bond acceptors (Lipinski definition) is 5. The Hall–Kier alpha value is -2.98. The summed E-state index contributed by atoms with van der Waals surface area (Å²) in [4.78, 5) is 11.2. The van der Waals surface area contributed by atoms with Gasteiger partial charge in [0.15, 0.2) is 5.69 Å². The van der Waals surface area contributed by atoms with E-state index in [2.05, 4.69) is 5.10 Å². The first-order valence-electron chi connectivity index (χ1n) is 5.98. The van der Waals surface area contributed by atoms with Gasteiger partial charge in [0.2, 0.25) is 0 Å². The van der Waals surface area contributed by atoms with Crippen LogP contribution in [0.3, 0.4) is 0 Å². The van der Waals surface area contributed by atoms with Crippen molar-refractivity contribution >= 4 is 17.0 Å². The normalized spacial score (nSPS) is 10.2. The number of thiophene rings is 1. The summed E-state index contributed by atoms with van der Waals surface area (Å²) in [6.07, 6.45) is 0. The maximum atomic E-state index is 10.7. The summed E-state index contributed by atoms with van der Waals surface area (Å²) in [7, 11) is 0. The molecule has 0 spiro atoms. The molecule has 0 saturated carbocycles. The summed E-state index contributed by atoms with van der Waals surface area (Å²) in [5.74, 6) is 0. The van der Waals surface area contributed by atoms with E-state index >= 15 is 0 Å². The predicted molar refractivity (Wildman–Crippen MR) is 78.2 cm³/mol. The fourth-order valence-corrected chi connectivity index (χ4v) is 2.67. The van der Waals surface area contributed by atoms with Crippen molar-refractivity contribution in [3.8, 4) is 22.3 Å². The zero-order valence-corrected chi connectivity index (χ0v) is 11.4. The van der Waals surface area contributed by atoms with E-state index in [0.717, 1.165) is 10.6 Å². The summed E-state index contributed by atoms with van der Waals surface area (Å²) in [5, 5.41) is 25.9. The average Bonchev–Trinajstić information content (AvgIpc) is 3.16. The lowest BCUT2D eigenvalue weighted by atomic mass is 10.2. The molecule has 0 saturated heterocycles. The summed E-state index contributed by atoms with van der Waals surface area (Å²) in [6, 6.07) is 13.6. The molecular formula is C14H8N4O2S. The van der Waals surface area contributed by atoms with Crippen LogP contribution in [0.4, 0.5) is 5.69 Å². The Labute approximate surface area is 123 Å². The summed E-state index contributed by atoms with van der Waals surface area (Å²) >= 11 is 1.54. The third-order valence-electron chi connectivity index (χ3n) is 2.90. The summed E-state index contributed by atoms with van der Waals surface area (Å²) in [5.41, 5.74) is 1.78. The van der Waals surface area contributed by atoms with Crippen molar-refractivity contribution in [1.82, 2.24) is 9.78 Å². The van der Waals surface area contributed by atoms with E-state index in [0.29, 0.717) is 11.4 Å². The fourth-order valence-electron chi connectivity index (χ4n) is 1.95. The molecule has 0 aliphatic heterocycles. The minimum atomic E-state index is -0.451. The molecule has 21 heavy (non-hydrogen) atoms. The van der Waals surface area contributed by atoms with E-state index < -0.39 is 4.92 Å². The Morgan fingerprint density at radius 2 is 2.05 bits per heavy atom. The van der Waals surface area contributed by atoms with Crippen LogP contribution in [-0.2, 0) is 0 Å². The number of aromatic nitrogens is 2. The molecule has 7 heteroatoms. The summed E-state index contributed by atoms with van der Waals surface area (Å²) in [6.45, 7) is 0. The van der Waals surface area contributed by atoms with Gasteiger partial charge in [-0.25, -0.2) is 4.68 Å². The number of nitro benzene ring substituents is 1. The minimum Gasteiger partial charge on any atom is -0.258 e. The second-order valence-corrected chi connectivity index (χ2v) is 5.14. The molecule has 0 N–H and O–H groups in total. The molecule has 0 bridgehead atoms. The quantitative estimate of drug-likeness (QED) is 0.547. The van der Waals surface area contributed by atoms with E-state index in [4.69, 9.17) is 5.26 Å². The van der Waals surface area contributed by atoms with Crippen molar-refractivity contribution in [2.75, 3.05) is 0 Å². The lowest BCUT2D eigenvalue weighted by Gasteiger charge is -2.05.